The number of carbonyl (C=O) groups excluding carboxylic acids is 1. The number of aryl methyl sites for hydroxylation is 1. The van der Waals surface area contributed by atoms with E-state index >= 15 is 0 Å². The molecule has 0 spiro atoms. The van der Waals surface area contributed by atoms with Crippen LogP contribution in [-0.4, -0.2) is 46.1 Å². The van der Waals surface area contributed by atoms with E-state index in [1.165, 1.54) is 46.2 Å². The Bertz CT molecular complexity index is 1530. The molecule has 0 saturated carbocycles. The SMILES string of the molecule is Cc1cc(F)ccc1-n1c(=O)c2sccc2n(CC(=O)N2CCN(c3ccc(F)cc3)CC2)c1=O. The minimum Gasteiger partial charge on any atom is -0.368 e. The van der Waals surface area contributed by atoms with Crippen LogP contribution >= 0.6 is 11.3 Å². The number of halogens is 2. The van der Waals surface area contributed by atoms with Crippen LogP contribution in [-0.2, 0) is 11.3 Å². The van der Waals surface area contributed by atoms with Crippen molar-refractivity contribution in [3.63, 3.8) is 0 Å². The van der Waals surface area contributed by atoms with Crippen molar-refractivity contribution in [2.75, 3.05) is 31.1 Å². The van der Waals surface area contributed by atoms with Gasteiger partial charge in [-0.1, -0.05) is 0 Å². The van der Waals surface area contributed by atoms with Gasteiger partial charge in [0.15, 0.2) is 0 Å². The van der Waals surface area contributed by atoms with Gasteiger partial charge in [-0.05, 0) is 66.4 Å². The average molecular weight is 497 g/mol. The molecule has 1 fully saturated rings. The molecule has 7 nitrogen and oxygen atoms in total. The summed E-state index contributed by atoms with van der Waals surface area (Å²) in [5, 5.41) is 1.70. The van der Waals surface area contributed by atoms with E-state index in [0.29, 0.717) is 42.0 Å². The highest BCUT2D eigenvalue weighted by atomic mass is 32.1. The van der Waals surface area contributed by atoms with Crippen LogP contribution in [0.3, 0.4) is 0 Å². The van der Waals surface area contributed by atoms with Gasteiger partial charge < -0.3 is 9.80 Å². The molecule has 2 aromatic carbocycles. The van der Waals surface area contributed by atoms with Crippen molar-refractivity contribution < 1.29 is 13.6 Å². The molecule has 35 heavy (non-hydrogen) atoms. The lowest BCUT2D eigenvalue weighted by Crippen LogP contribution is -2.50. The van der Waals surface area contributed by atoms with Gasteiger partial charge >= 0.3 is 5.69 Å². The highest BCUT2D eigenvalue weighted by molar-refractivity contribution is 7.17. The number of piperazine rings is 1. The molecule has 0 unspecified atom stereocenters. The molecule has 0 bridgehead atoms. The lowest BCUT2D eigenvalue weighted by atomic mass is 10.2. The molecule has 1 amide bonds. The maximum absolute atomic E-state index is 13.6. The van der Waals surface area contributed by atoms with Crippen LogP contribution in [0.1, 0.15) is 5.56 Å². The van der Waals surface area contributed by atoms with E-state index in [2.05, 4.69) is 4.90 Å². The monoisotopic (exact) mass is 496 g/mol. The summed E-state index contributed by atoms with van der Waals surface area (Å²) in [7, 11) is 0. The topological polar surface area (TPSA) is 67.6 Å². The number of hydrogen-bond donors (Lipinski definition) is 0. The van der Waals surface area contributed by atoms with Crippen LogP contribution in [0.15, 0.2) is 63.5 Å². The Hall–Kier alpha value is -3.79. The fourth-order valence-electron chi connectivity index (χ4n) is 4.42. The summed E-state index contributed by atoms with van der Waals surface area (Å²) in [6.07, 6.45) is 0. The molecule has 0 N–H and O–H groups in total. The van der Waals surface area contributed by atoms with Gasteiger partial charge in [0.25, 0.3) is 5.56 Å². The molecule has 1 aliphatic rings. The molecular weight excluding hydrogens is 474 g/mol. The Kier molecular flexibility index (Phi) is 5.98. The lowest BCUT2D eigenvalue weighted by molar-refractivity contribution is -0.132. The Balaban J connectivity index is 1.43. The van der Waals surface area contributed by atoms with Crippen molar-refractivity contribution in [2.45, 2.75) is 13.5 Å². The minimum absolute atomic E-state index is 0.219. The summed E-state index contributed by atoms with van der Waals surface area (Å²) in [5.41, 5.74) is 0.872. The van der Waals surface area contributed by atoms with Gasteiger partial charge in [-0.15, -0.1) is 11.3 Å². The van der Waals surface area contributed by atoms with Gasteiger partial charge in [0.2, 0.25) is 5.91 Å². The molecule has 1 saturated heterocycles. The number of nitrogens with zero attached hydrogens (tertiary/aromatic N) is 4. The van der Waals surface area contributed by atoms with Crippen molar-refractivity contribution in [3.8, 4) is 5.69 Å². The van der Waals surface area contributed by atoms with Crippen LogP contribution in [0.2, 0.25) is 0 Å². The fraction of sp³-hybridized carbons (Fsp3) is 0.240. The largest absolute Gasteiger partial charge is 0.368 e. The van der Waals surface area contributed by atoms with Gasteiger partial charge in [-0.25, -0.2) is 18.1 Å². The highest BCUT2D eigenvalue weighted by Crippen LogP contribution is 2.20. The first kappa shape index (κ1) is 23.0. The third-order valence-corrected chi connectivity index (χ3v) is 7.16. The normalized spacial score (nSPS) is 14.0. The van der Waals surface area contributed by atoms with Crippen molar-refractivity contribution in [1.82, 2.24) is 14.0 Å². The van der Waals surface area contributed by atoms with E-state index in [0.717, 1.165) is 10.3 Å². The van der Waals surface area contributed by atoms with Gasteiger partial charge in [-0.2, -0.15) is 0 Å². The maximum atomic E-state index is 13.6. The van der Waals surface area contributed by atoms with Crippen LogP contribution in [0.4, 0.5) is 14.5 Å². The smallest absolute Gasteiger partial charge is 0.336 e. The average Bonchev–Trinajstić information content (AvgIpc) is 3.34. The van der Waals surface area contributed by atoms with Crippen molar-refractivity contribution in [2.24, 2.45) is 0 Å². The van der Waals surface area contributed by atoms with Gasteiger partial charge in [0.05, 0.1) is 11.2 Å². The number of aromatic nitrogens is 2. The van der Waals surface area contributed by atoms with E-state index in [4.69, 9.17) is 0 Å². The van der Waals surface area contributed by atoms with Crippen LogP contribution < -0.4 is 16.1 Å². The number of fused-ring (bicyclic) bond motifs is 1. The first-order chi connectivity index (χ1) is 16.8. The third-order valence-electron chi connectivity index (χ3n) is 6.27. The maximum Gasteiger partial charge on any atom is 0.336 e. The van der Waals surface area contributed by atoms with E-state index < -0.39 is 17.1 Å². The highest BCUT2D eigenvalue weighted by Gasteiger charge is 2.24. The quantitative estimate of drug-likeness (QED) is 0.436. The second kappa shape index (κ2) is 9.10. The molecule has 0 radical (unpaired) electrons. The van der Waals surface area contributed by atoms with E-state index in [9.17, 15) is 23.2 Å². The van der Waals surface area contributed by atoms with Crippen LogP contribution in [0, 0.1) is 18.6 Å². The summed E-state index contributed by atoms with van der Waals surface area (Å²) in [6.45, 7) is 3.47. The van der Waals surface area contributed by atoms with Gasteiger partial charge in [0.1, 0.15) is 22.9 Å². The Morgan fingerprint density at radius 1 is 0.943 bits per heavy atom. The Morgan fingerprint density at radius 3 is 2.31 bits per heavy atom. The Morgan fingerprint density at radius 2 is 1.63 bits per heavy atom. The van der Waals surface area contributed by atoms with Crippen molar-refractivity contribution in [1.29, 1.82) is 0 Å². The summed E-state index contributed by atoms with van der Waals surface area (Å²) >= 11 is 1.19. The number of hydrogen-bond acceptors (Lipinski definition) is 5. The first-order valence-corrected chi connectivity index (χ1v) is 12.0. The van der Waals surface area contributed by atoms with Crippen molar-refractivity contribution in [3.05, 3.63) is 91.9 Å². The fourth-order valence-corrected chi connectivity index (χ4v) is 5.25. The number of rotatable bonds is 4. The molecule has 180 valence electrons. The Labute approximate surface area is 203 Å². The lowest BCUT2D eigenvalue weighted by Gasteiger charge is -2.36. The molecule has 0 atom stereocenters. The predicted molar refractivity (Wildman–Crippen MR) is 132 cm³/mol. The molecule has 1 aliphatic heterocycles. The van der Waals surface area contributed by atoms with E-state index in [1.54, 1.807) is 35.4 Å². The zero-order valence-corrected chi connectivity index (χ0v) is 19.7. The summed E-state index contributed by atoms with van der Waals surface area (Å²) < 4.78 is 29.5. The third kappa shape index (κ3) is 4.25. The summed E-state index contributed by atoms with van der Waals surface area (Å²) in [5.74, 6) is -1.00. The number of carbonyl (C=O) groups is 1. The standard InChI is InChI=1S/C25H22F2N4O3S/c1-16-14-18(27)4-7-20(16)31-24(33)23-21(8-13-35-23)30(25(31)34)15-22(32)29-11-9-28(10-12-29)19-5-2-17(26)3-6-19/h2-8,13-14H,9-12,15H2,1H3. The van der Waals surface area contributed by atoms with E-state index in [1.807, 2.05) is 0 Å². The molecular formula is C25H22F2N4O3S. The zero-order valence-electron chi connectivity index (χ0n) is 18.9. The number of benzene rings is 2. The van der Waals surface area contributed by atoms with Crippen molar-refractivity contribution >= 4 is 33.1 Å². The second-order valence-electron chi connectivity index (χ2n) is 8.42. The number of amides is 1. The van der Waals surface area contributed by atoms with Crippen LogP contribution in [0.5, 0.6) is 0 Å². The zero-order chi connectivity index (χ0) is 24.7. The summed E-state index contributed by atoms with van der Waals surface area (Å²) in [6, 6.07) is 11.7. The molecule has 2 aromatic heterocycles. The number of anilines is 1. The molecule has 3 heterocycles. The second-order valence-corrected chi connectivity index (χ2v) is 9.34. The van der Waals surface area contributed by atoms with Crippen LogP contribution in [0.25, 0.3) is 15.9 Å². The number of thiophene rings is 1. The first-order valence-electron chi connectivity index (χ1n) is 11.1. The molecule has 4 aromatic rings. The summed E-state index contributed by atoms with van der Waals surface area (Å²) in [4.78, 5) is 43.5. The predicted octanol–water partition coefficient (Wildman–Crippen LogP) is 3.15. The molecule has 5 rings (SSSR count). The van der Waals surface area contributed by atoms with Gasteiger partial charge in [0, 0.05) is 31.9 Å². The van der Waals surface area contributed by atoms with Gasteiger partial charge in [-0.3, -0.25) is 14.2 Å². The molecule has 0 aliphatic carbocycles. The molecule has 10 heteroatoms. The van der Waals surface area contributed by atoms with E-state index in [-0.39, 0.29) is 24.0 Å². The minimum atomic E-state index is -0.645.